The maximum atomic E-state index is 12.7. The average Bonchev–Trinajstić information content (AvgIpc) is 2.79. The summed E-state index contributed by atoms with van der Waals surface area (Å²) in [5.74, 6) is 2.60. The molecular weight excluding hydrogens is 477 g/mol. The van der Waals surface area contributed by atoms with Gasteiger partial charge in [0, 0.05) is 5.02 Å². The van der Waals surface area contributed by atoms with E-state index in [0.717, 1.165) is 5.56 Å². The van der Waals surface area contributed by atoms with Gasteiger partial charge in [0.25, 0.3) is 11.8 Å². The van der Waals surface area contributed by atoms with Crippen LogP contribution in [0.1, 0.15) is 32.8 Å². The van der Waals surface area contributed by atoms with Crippen LogP contribution in [0.15, 0.2) is 47.6 Å². The Hall–Kier alpha value is -3.21. The van der Waals surface area contributed by atoms with Gasteiger partial charge in [0.15, 0.2) is 6.10 Å². The van der Waals surface area contributed by atoms with Crippen molar-refractivity contribution >= 4 is 41.2 Å². The van der Waals surface area contributed by atoms with Crippen LogP contribution in [0.2, 0.25) is 10.0 Å². The second-order valence-electron chi connectivity index (χ2n) is 7.82. The van der Waals surface area contributed by atoms with Crippen LogP contribution in [0.4, 0.5) is 0 Å². The Morgan fingerprint density at radius 2 is 1.82 bits per heavy atom. The van der Waals surface area contributed by atoms with E-state index in [2.05, 4.69) is 21.8 Å². The van der Waals surface area contributed by atoms with Crippen molar-refractivity contribution in [3.05, 3.63) is 58.1 Å². The monoisotopic (exact) mass is 503 g/mol. The number of nitrogens with one attached hydrogen (secondary N) is 2. The number of amides is 2. The summed E-state index contributed by atoms with van der Waals surface area (Å²) >= 11 is 12.0. The first-order valence-electron chi connectivity index (χ1n) is 10.6. The van der Waals surface area contributed by atoms with Crippen molar-refractivity contribution in [1.29, 1.82) is 0 Å². The molecule has 0 aromatic heterocycles. The van der Waals surface area contributed by atoms with Crippen LogP contribution >= 0.6 is 23.2 Å². The minimum Gasteiger partial charge on any atom is -0.481 e. The fraction of sp³-hybridized carbons (Fsp3) is 0.320. The number of benzene rings is 2. The molecule has 0 unspecified atom stereocenters. The van der Waals surface area contributed by atoms with E-state index in [1.165, 1.54) is 12.3 Å². The number of terminal acetylenes is 1. The molecule has 2 amide bonds. The lowest BCUT2D eigenvalue weighted by atomic mass is 10.0. The van der Waals surface area contributed by atoms with Gasteiger partial charge < -0.3 is 14.8 Å². The topological polar surface area (TPSA) is 89.0 Å². The molecule has 7 nitrogen and oxygen atoms in total. The Balaban J connectivity index is 1.96. The molecule has 9 heteroatoms. The van der Waals surface area contributed by atoms with Gasteiger partial charge in [-0.25, -0.2) is 5.43 Å². The van der Waals surface area contributed by atoms with Crippen molar-refractivity contribution in [3.8, 4) is 23.8 Å². The smallest absolute Gasteiger partial charge is 0.262 e. The quantitative estimate of drug-likeness (QED) is 0.269. The van der Waals surface area contributed by atoms with Crippen LogP contribution in [-0.2, 0) is 9.59 Å². The van der Waals surface area contributed by atoms with E-state index in [4.69, 9.17) is 39.1 Å². The van der Waals surface area contributed by atoms with Gasteiger partial charge in [-0.3, -0.25) is 9.59 Å². The minimum atomic E-state index is -0.889. The zero-order chi connectivity index (χ0) is 25.1. The summed E-state index contributed by atoms with van der Waals surface area (Å²) in [5, 5.41) is 7.46. The largest absolute Gasteiger partial charge is 0.481 e. The van der Waals surface area contributed by atoms with E-state index < -0.39 is 24.0 Å². The Kier molecular flexibility index (Phi) is 10.7. The summed E-state index contributed by atoms with van der Waals surface area (Å²) in [6, 6.07) is 11.0. The van der Waals surface area contributed by atoms with Crippen LogP contribution in [0.5, 0.6) is 11.5 Å². The van der Waals surface area contributed by atoms with Crippen molar-refractivity contribution in [2.45, 2.75) is 39.3 Å². The highest BCUT2D eigenvalue weighted by Gasteiger charge is 2.25. The van der Waals surface area contributed by atoms with Gasteiger partial charge in [0.2, 0.25) is 0 Å². The third kappa shape index (κ3) is 8.97. The van der Waals surface area contributed by atoms with Gasteiger partial charge in [0.05, 0.1) is 11.2 Å². The standard InChI is InChI=1S/C25H27Cl2N3O4/c1-5-12-33-20-9-6-18(7-10-20)15-28-30-25(32)22(13-16(2)3)29-24(31)17(4)34-23-11-8-19(26)14-21(23)27/h1,6-11,14-17,22H,12-13H2,2-4H3,(H,29,31)(H,30,32)/b28-15-/t17-,22+/m1/s1. The van der Waals surface area contributed by atoms with E-state index in [-0.39, 0.29) is 17.5 Å². The number of carbonyl (C=O) groups is 2. The number of rotatable bonds is 11. The van der Waals surface area contributed by atoms with Gasteiger partial charge in [0.1, 0.15) is 24.1 Å². The summed E-state index contributed by atoms with van der Waals surface area (Å²) in [7, 11) is 0. The highest BCUT2D eigenvalue weighted by Crippen LogP contribution is 2.28. The van der Waals surface area contributed by atoms with Crippen molar-refractivity contribution in [3.63, 3.8) is 0 Å². The normalized spacial score (nSPS) is 12.6. The molecule has 0 aliphatic heterocycles. The van der Waals surface area contributed by atoms with Crippen molar-refractivity contribution in [2.24, 2.45) is 11.0 Å². The van der Waals surface area contributed by atoms with Gasteiger partial charge in [-0.05, 0) is 67.3 Å². The molecule has 180 valence electrons. The predicted octanol–water partition coefficient (Wildman–Crippen LogP) is 4.45. The first-order chi connectivity index (χ1) is 16.2. The van der Waals surface area contributed by atoms with Crippen molar-refractivity contribution in [2.75, 3.05) is 6.61 Å². The Labute approximate surface area is 209 Å². The highest BCUT2D eigenvalue weighted by atomic mass is 35.5. The summed E-state index contributed by atoms with van der Waals surface area (Å²) in [5.41, 5.74) is 3.23. The van der Waals surface area contributed by atoms with Crippen LogP contribution in [0, 0.1) is 18.3 Å². The van der Waals surface area contributed by atoms with Crippen LogP contribution < -0.4 is 20.2 Å². The molecule has 34 heavy (non-hydrogen) atoms. The molecule has 0 saturated heterocycles. The Morgan fingerprint density at radius 3 is 2.44 bits per heavy atom. The molecule has 0 saturated carbocycles. The molecule has 2 N–H and O–H groups in total. The number of carbonyl (C=O) groups excluding carboxylic acids is 2. The Bertz CT molecular complexity index is 1050. The molecule has 2 aromatic rings. The van der Waals surface area contributed by atoms with Crippen LogP contribution in [-0.4, -0.2) is 36.8 Å². The van der Waals surface area contributed by atoms with Gasteiger partial charge in [-0.1, -0.05) is 43.0 Å². The van der Waals surface area contributed by atoms with Crippen LogP contribution in [0.3, 0.4) is 0 Å². The summed E-state index contributed by atoms with van der Waals surface area (Å²) in [6.45, 7) is 5.66. The lowest BCUT2D eigenvalue weighted by Gasteiger charge is -2.22. The number of hydrazone groups is 1. The van der Waals surface area contributed by atoms with Crippen molar-refractivity contribution < 1.29 is 19.1 Å². The fourth-order valence-electron chi connectivity index (χ4n) is 2.83. The minimum absolute atomic E-state index is 0.150. The maximum Gasteiger partial charge on any atom is 0.262 e. The zero-order valence-corrected chi connectivity index (χ0v) is 20.7. The third-order valence-corrected chi connectivity index (χ3v) is 5.03. The lowest BCUT2D eigenvalue weighted by molar-refractivity contribution is -0.132. The molecular formula is C25H27Cl2N3O4. The average molecular weight is 504 g/mol. The number of nitrogens with zero attached hydrogens (tertiary/aromatic N) is 1. The number of hydrogen-bond donors (Lipinski definition) is 2. The van der Waals surface area contributed by atoms with E-state index >= 15 is 0 Å². The second kappa shape index (κ2) is 13.5. The molecule has 0 spiro atoms. The molecule has 0 aliphatic rings. The fourth-order valence-corrected chi connectivity index (χ4v) is 3.28. The predicted molar refractivity (Wildman–Crippen MR) is 134 cm³/mol. The Morgan fingerprint density at radius 1 is 1.12 bits per heavy atom. The second-order valence-corrected chi connectivity index (χ2v) is 8.67. The van der Waals surface area contributed by atoms with Gasteiger partial charge in [-0.2, -0.15) is 5.10 Å². The lowest BCUT2D eigenvalue weighted by Crippen LogP contribution is -2.49. The highest BCUT2D eigenvalue weighted by molar-refractivity contribution is 6.35. The molecule has 2 aromatic carbocycles. The molecule has 0 heterocycles. The number of halogens is 2. The molecule has 2 atom stereocenters. The van der Waals surface area contributed by atoms with Gasteiger partial charge in [-0.15, -0.1) is 6.42 Å². The van der Waals surface area contributed by atoms with E-state index in [1.807, 2.05) is 13.8 Å². The van der Waals surface area contributed by atoms with E-state index in [1.54, 1.807) is 43.3 Å². The third-order valence-electron chi connectivity index (χ3n) is 4.50. The number of ether oxygens (including phenoxy) is 2. The molecule has 0 radical (unpaired) electrons. The van der Waals surface area contributed by atoms with Crippen molar-refractivity contribution in [1.82, 2.24) is 10.7 Å². The van der Waals surface area contributed by atoms with Crippen LogP contribution in [0.25, 0.3) is 0 Å². The summed E-state index contributed by atoms with van der Waals surface area (Å²) in [6.07, 6.45) is 6.19. The summed E-state index contributed by atoms with van der Waals surface area (Å²) < 4.78 is 10.9. The molecule has 0 bridgehead atoms. The first-order valence-corrected chi connectivity index (χ1v) is 11.4. The van der Waals surface area contributed by atoms with Gasteiger partial charge >= 0.3 is 0 Å². The first kappa shape index (κ1) is 27.0. The maximum absolute atomic E-state index is 12.7. The molecule has 0 fully saturated rings. The SMILES string of the molecule is C#CCOc1ccc(/C=N\NC(=O)[C@H](CC(C)C)NC(=O)[C@@H](C)Oc2ccc(Cl)cc2Cl)cc1. The van der Waals surface area contributed by atoms with E-state index in [9.17, 15) is 9.59 Å². The van der Waals surface area contributed by atoms with E-state index in [0.29, 0.717) is 22.9 Å². The molecule has 0 aliphatic carbocycles. The molecule has 2 rings (SSSR count). The summed E-state index contributed by atoms with van der Waals surface area (Å²) in [4.78, 5) is 25.4. The number of hydrogen-bond acceptors (Lipinski definition) is 5. The zero-order valence-electron chi connectivity index (χ0n) is 19.2.